The van der Waals surface area contributed by atoms with Gasteiger partial charge < -0.3 is 0 Å². The minimum absolute atomic E-state index is 0.121. The summed E-state index contributed by atoms with van der Waals surface area (Å²) in [6, 6.07) is 1.97. The van der Waals surface area contributed by atoms with Crippen molar-refractivity contribution in [1.29, 1.82) is 0 Å². The van der Waals surface area contributed by atoms with Gasteiger partial charge in [-0.3, -0.25) is 0 Å². The van der Waals surface area contributed by atoms with E-state index in [9.17, 15) is 0 Å². The van der Waals surface area contributed by atoms with Crippen molar-refractivity contribution in [2.75, 3.05) is 0 Å². The van der Waals surface area contributed by atoms with Crippen LogP contribution in [0.2, 0.25) is 5.02 Å². The summed E-state index contributed by atoms with van der Waals surface area (Å²) in [5.74, 6) is 0. The number of thiophene rings is 1. The van der Waals surface area contributed by atoms with Crippen molar-refractivity contribution in [3.63, 3.8) is 0 Å². The van der Waals surface area contributed by atoms with Gasteiger partial charge in [0.05, 0.1) is 14.2 Å². The third kappa shape index (κ3) is 4.64. The zero-order chi connectivity index (χ0) is 11.3. The van der Waals surface area contributed by atoms with Gasteiger partial charge in [-0.05, 0) is 28.4 Å². The van der Waals surface area contributed by atoms with Gasteiger partial charge >= 0.3 is 0 Å². The Bertz CT molecular complexity index is 279. The Morgan fingerprint density at radius 3 is 2.67 bits per heavy atom. The molecule has 0 aliphatic carbocycles. The maximum atomic E-state index is 6.30. The van der Waals surface area contributed by atoms with Crippen LogP contribution in [-0.4, -0.2) is 0 Å². The Hall–Kier alpha value is 0.760. The van der Waals surface area contributed by atoms with Crippen molar-refractivity contribution >= 4 is 50.5 Å². The summed E-state index contributed by atoms with van der Waals surface area (Å²) in [7, 11) is 0. The molecule has 1 unspecified atom stereocenters. The van der Waals surface area contributed by atoms with Gasteiger partial charge in [0, 0.05) is 4.88 Å². The molecule has 86 valence electrons. The fourth-order valence-corrected chi connectivity index (χ4v) is 3.52. The Labute approximate surface area is 114 Å². The summed E-state index contributed by atoms with van der Waals surface area (Å²) >= 11 is 17.3. The van der Waals surface area contributed by atoms with Crippen LogP contribution in [0.5, 0.6) is 0 Å². The van der Waals surface area contributed by atoms with Crippen LogP contribution in [0.15, 0.2) is 9.85 Å². The van der Waals surface area contributed by atoms with Gasteiger partial charge in [0.1, 0.15) is 0 Å². The number of alkyl halides is 1. The lowest BCUT2D eigenvalue weighted by atomic mass is 10.1. The van der Waals surface area contributed by atoms with Gasteiger partial charge in [-0.25, -0.2) is 0 Å². The predicted octanol–water partition coefficient (Wildman–Crippen LogP) is 6.41. The van der Waals surface area contributed by atoms with Crippen LogP contribution in [0.1, 0.15) is 49.3 Å². The van der Waals surface area contributed by atoms with E-state index in [1.165, 1.54) is 30.6 Å². The smallest absolute Gasteiger partial charge is 0.0887 e. The molecule has 0 aliphatic heterocycles. The second kappa shape index (κ2) is 7.16. The zero-order valence-electron chi connectivity index (χ0n) is 8.73. The van der Waals surface area contributed by atoms with Crippen molar-refractivity contribution < 1.29 is 0 Å². The summed E-state index contributed by atoms with van der Waals surface area (Å²) in [4.78, 5) is 1.17. The first kappa shape index (κ1) is 13.8. The van der Waals surface area contributed by atoms with Crippen LogP contribution in [0.3, 0.4) is 0 Å². The van der Waals surface area contributed by atoms with Crippen LogP contribution in [0, 0.1) is 0 Å². The van der Waals surface area contributed by atoms with E-state index in [0.29, 0.717) is 0 Å². The predicted molar refractivity (Wildman–Crippen MR) is 74.4 cm³/mol. The van der Waals surface area contributed by atoms with Crippen molar-refractivity contribution in [3.8, 4) is 0 Å². The molecule has 1 atom stereocenters. The molecule has 1 aromatic heterocycles. The van der Waals surface area contributed by atoms with E-state index in [4.69, 9.17) is 23.2 Å². The highest BCUT2D eigenvalue weighted by Crippen LogP contribution is 2.39. The molecule has 0 aliphatic rings. The summed E-state index contributed by atoms with van der Waals surface area (Å²) in [5, 5.41) is 0.893. The highest BCUT2D eigenvalue weighted by Gasteiger charge is 2.12. The van der Waals surface area contributed by atoms with Crippen LogP contribution < -0.4 is 0 Å². The molecule has 0 N–H and O–H groups in total. The van der Waals surface area contributed by atoms with Crippen molar-refractivity contribution in [3.05, 3.63) is 19.8 Å². The monoisotopic (exact) mass is 328 g/mol. The molecule has 0 nitrogen and oxygen atoms in total. The van der Waals surface area contributed by atoms with Gasteiger partial charge in [0.2, 0.25) is 0 Å². The van der Waals surface area contributed by atoms with Crippen LogP contribution in [0.4, 0.5) is 0 Å². The van der Waals surface area contributed by atoms with Crippen LogP contribution in [0.25, 0.3) is 0 Å². The van der Waals surface area contributed by atoms with E-state index in [0.717, 1.165) is 15.2 Å². The molecule has 0 saturated heterocycles. The lowest BCUT2D eigenvalue weighted by Gasteiger charge is -2.05. The molecular formula is C11H15BrCl2S. The van der Waals surface area contributed by atoms with Crippen molar-refractivity contribution in [1.82, 2.24) is 0 Å². The minimum Gasteiger partial charge on any atom is -0.130 e. The second-order valence-electron chi connectivity index (χ2n) is 3.59. The Morgan fingerprint density at radius 1 is 1.40 bits per heavy atom. The van der Waals surface area contributed by atoms with Gasteiger partial charge in [-0.2, -0.15) is 0 Å². The Balaban J connectivity index is 2.36. The van der Waals surface area contributed by atoms with Gasteiger partial charge in [-0.15, -0.1) is 22.9 Å². The SMILES string of the molecule is CCCCCCC(Cl)c1cc(Cl)c(Br)s1. The molecule has 0 bridgehead atoms. The maximum absolute atomic E-state index is 6.30. The second-order valence-corrected chi connectivity index (χ2v) is 6.92. The maximum Gasteiger partial charge on any atom is 0.0887 e. The summed E-state index contributed by atoms with van der Waals surface area (Å²) < 4.78 is 0.985. The number of hydrogen-bond donors (Lipinski definition) is 0. The first-order valence-electron chi connectivity index (χ1n) is 5.24. The highest BCUT2D eigenvalue weighted by atomic mass is 79.9. The van der Waals surface area contributed by atoms with Crippen LogP contribution >= 0.6 is 50.5 Å². The average Bonchev–Trinajstić information content (AvgIpc) is 2.54. The molecule has 4 heteroatoms. The molecule has 0 radical (unpaired) electrons. The number of unbranched alkanes of at least 4 members (excludes halogenated alkanes) is 3. The average molecular weight is 330 g/mol. The number of halogens is 3. The normalized spacial score (nSPS) is 13.1. The molecule has 0 spiro atoms. The minimum atomic E-state index is 0.121. The third-order valence-electron chi connectivity index (χ3n) is 2.28. The van der Waals surface area contributed by atoms with Gasteiger partial charge in [0.25, 0.3) is 0 Å². The van der Waals surface area contributed by atoms with E-state index in [2.05, 4.69) is 22.9 Å². The van der Waals surface area contributed by atoms with Crippen molar-refractivity contribution in [2.24, 2.45) is 0 Å². The van der Waals surface area contributed by atoms with E-state index >= 15 is 0 Å². The van der Waals surface area contributed by atoms with E-state index in [1.54, 1.807) is 11.3 Å². The van der Waals surface area contributed by atoms with Crippen molar-refractivity contribution in [2.45, 2.75) is 44.4 Å². The molecule has 0 aromatic carbocycles. The fraction of sp³-hybridized carbons (Fsp3) is 0.636. The van der Waals surface area contributed by atoms with E-state index in [-0.39, 0.29) is 5.38 Å². The van der Waals surface area contributed by atoms with Gasteiger partial charge in [0.15, 0.2) is 0 Å². The quantitative estimate of drug-likeness (QED) is 0.417. The topological polar surface area (TPSA) is 0 Å². The molecule has 0 saturated carbocycles. The fourth-order valence-electron chi connectivity index (χ4n) is 1.41. The summed E-state index contributed by atoms with van der Waals surface area (Å²) in [6.45, 7) is 2.22. The largest absolute Gasteiger partial charge is 0.130 e. The number of hydrogen-bond acceptors (Lipinski definition) is 1. The number of rotatable bonds is 6. The van der Waals surface area contributed by atoms with E-state index < -0.39 is 0 Å². The molecule has 0 amide bonds. The molecule has 15 heavy (non-hydrogen) atoms. The Morgan fingerprint density at radius 2 is 2.13 bits per heavy atom. The molecular weight excluding hydrogens is 315 g/mol. The van der Waals surface area contributed by atoms with Crippen LogP contribution in [-0.2, 0) is 0 Å². The summed E-state index contributed by atoms with van der Waals surface area (Å²) in [5.41, 5.74) is 0. The van der Waals surface area contributed by atoms with Gasteiger partial charge in [-0.1, -0.05) is 44.2 Å². The van der Waals surface area contributed by atoms with E-state index in [1.807, 2.05) is 6.07 Å². The first-order valence-corrected chi connectivity index (χ1v) is 7.66. The molecule has 0 fully saturated rings. The molecule has 1 aromatic rings. The lowest BCUT2D eigenvalue weighted by molar-refractivity contribution is 0.626. The third-order valence-corrected chi connectivity index (χ3v) is 5.46. The first-order chi connectivity index (χ1) is 7.15. The standard InChI is InChI=1S/C11H15BrCl2S/c1-2-3-4-5-6-8(13)10-7-9(14)11(12)15-10/h7-8H,2-6H2,1H3. The Kier molecular flexibility index (Phi) is 6.60. The molecule has 1 heterocycles. The molecule has 1 rings (SSSR count). The lowest BCUT2D eigenvalue weighted by Crippen LogP contribution is -1.87. The summed E-state index contributed by atoms with van der Waals surface area (Å²) in [6.07, 6.45) is 6.10. The zero-order valence-corrected chi connectivity index (χ0v) is 12.6. The highest BCUT2D eigenvalue weighted by molar-refractivity contribution is 9.11.